The highest BCUT2D eigenvalue weighted by Gasteiger charge is 2.44. The summed E-state index contributed by atoms with van der Waals surface area (Å²) in [4.78, 5) is 2.51. The summed E-state index contributed by atoms with van der Waals surface area (Å²) in [6.07, 6.45) is -4.77. The zero-order valence-corrected chi connectivity index (χ0v) is 15.3. The van der Waals surface area contributed by atoms with Crippen molar-refractivity contribution < 1.29 is 29.9 Å². The van der Waals surface area contributed by atoms with Gasteiger partial charge in [-0.05, 0) is 30.2 Å². The summed E-state index contributed by atoms with van der Waals surface area (Å²) < 4.78 is 11.2. The highest BCUT2D eigenvalue weighted by molar-refractivity contribution is 7.12. The minimum atomic E-state index is -1.46. The van der Waals surface area contributed by atoms with E-state index in [1.807, 2.05) is 18.2 Å². The first kappa shape index (κ1) is 19.3. The number of aryl methyl sites for hydroxylation is 1. The molecule has 5 atom stereocenters. The van der Waals surface area contributed by atoms with E-state index >= 15 is 0 Å². The number of thiophene rings is 1. The van der Waals surface area contributed by atoms with Crippen molar-refractivity contribution in [2.24, 2.45) is 0 Å². The molecule has 3 rings (SSSR count). The van der Waals surface area contributed by atoms with Gasteiger partial charge < -0.3 is 29.9 Å². The summed E-state index contributed by atoms with van der Waals surface area (Å²) in [6, 6.07) is 11.6. The molecular weight excluding hydrogens is 356 g/mol. The maximum absolute atomic E-state index is 10.2. The average Bonchev–Trinajstić information content (AvgIpc) is 3.11. The van der Waals surface area contributed by atoms with Gasteiger partial charge in [0.25, 0.3) is 0 Å². The molecule has 7 heteroatoms. The van der Waals surface area contributed by atoms with Crippen LogP contribution in [0.4, 0.5) is 0 Å². The van der Waals surface area contributed by atoms with Crippen molar-refractivity contribution in [1.29, 1.82) is 0 Å². The van der Waals surface area contributed by atoms with Crippen LogP contribution in [0.1, 0.15) is 22.2 Å². The molecule has 0 amide bonds. The van der Waals surface area contributed by atoms with Crippen LogP contribution < -0.4 is 4.74 Å². The Morgan fingerprint density at radius 3 is 2.42 bits per heavy atom. The van der Waals surface area contributed by atoms with Crippen LogP contribution >= 0.6 is 11.3 Å². The van der Waals surface area contributed by atoms with E-state index < -0.39 is 37.3 Å². The number of aliphatic hydroxyl groups is 4. The van der Waals surface area contributed by atoms with Gasteiger partial charge in [-0.15, -0.1) is 11.3 Å². The lowest BCUT2D eigenvalue weighted by Gasteiger charge is -2.39. The minimum absolute atomic E-state index is 0.485. The van der Waals surface area contributed by atoms with Gasteiger partial charge in [-0.3, -0.25) is 0 Å². The van der Waals surface area contributed by atoms with Crippen molar-refractivity contribution in [2.45, 2.75) is 50.5 Å². The predicted molar refractivity (Wildman–Crippen MR) is 97.3 cm³/mol. The zero-order valence-electron chi connectivity index (χ0n) is 14.5. The molecule has 0 radical (unpaired) electrons. The fraction of sp³-hybridized carbons (Fsp3) is 0.474. The first-order chi connectivity index (χ1) is 12.5. The number of para-hydroxylation sites is 1. The van der Waals surface area contributed by atoms with Gasteiger partial charge >= 0.3 is 0 Å². The smallest absolute Gasteiger partial charge is 0.229 e. The second-order valence-electron chi connectivity index (χ2n) is 6.32. The molecule has 2 heterocycles. The monoisotopic (exact) mass is 380 g/mol. The number of ether oxygens (including phenoxy) is 2. The largest absolute Gasteiger partial charge is 0.462 e. The van der Waals surface area contributed by atoms with Crippen molar-refractivity contribution in [2.75, 3.05) is 6.61 Å². The highest BCUT2D eigenvalue weighted by atomic mass is 32.1. The number of benzene rings is 1. The molecule has 1 aromatic heterocycles. The van der Waals surface area contributed by atoms with E-state index in [0.717, 1.165) is 12.0 Å². The quantitative estimate of drug-likeness (QED) is 0.599. The van der Waals surface area contributed by atoms with Crippen LogP contribution in [0.3, 0.4) is 0 Å². The molecule has 0 aliphatic carbocycles. The molecule has 4 N–H and O–H groups in total. The number of hydrogen-bond donors (Lipinski definition) is 4. The van der Waals surface area contributed by atoms with Crippen LogP contribution in [-0.2, 0) is 17.6 Å². The highest BCUT2D eigenvalue weighted by Crippen LogP contribution is 2.29. The van der Waals surface area contributed by atoms with Gasteiger partial charge in [-0.25, -0.2) is 0 Å². The molecule has 0 unspecified atom stereocenters. The van der Waals surface area contributed by atoms with Crippen LogP contribution in [0.25, 0.3) is 0 Å². The molecule has 1 aliphatic heterocycles. The molecule has 26 heavy (non-hydrogen) atoms. The second kappa shape index (κ2) is 8.47. The Morgan fingerprint density at radius 1 is 1.00 bits per heavy atom. The molecule has 0 spiro atoms. The molecule has 1 aliphatic rings. The van der Waals surface area contributed by atoms with Gasteiger partial charge in [0.05, 0.1) is 6.61 Å². The van der Waals surface area contributed by atoms with Crippen LogP contribution in [0.15, 0.2) is 36.4 Å². The van der Waals surface area contributed by atoms with E-state index in [4.69, 9.17) is 9.47 Å². The van der Waals surface area contributed by atoms with Crippen molar-refractivity contribution in [3.63, 3.8) is 0 Å². The topological polar surface area (TPSA) is 99.4 Å². The predicted octanol–water partition coefficient (Wildman–Crippen LogP) is 1.08. The maximum atomic E-state index is 10.2. The van der Waals surface area contributed by atoms with Gasteiger partial charge in [0.1, 0.15) is 30.2 Å². The summed E-state index contributed by atoms with van der Waals surface area (Å²) in [5.41, 5.74) is 0.925. The van der Waals surface area contributed by atoms with Crippen molar-refractivity contribution in [3.8, 4) is 5.75 Å². The molecule has 142 valence electrons. The van der Waals surface area contributed by atoms with Gasteiger partial charge in [-0.1, -0.05) is 25.1 Å². The lowest BCUT2D eigenvalue weighted by Crippen LogP contribution is -2.60. The van der Waals surface area contributed by atoms with E-state index in [2.05, 4.69) is 19.1 Å². The Balaban J connectivity index is 1.77. The lowest BCUT2D eigenvalue weighted by atomic mass is 9.99. The standard InChI is InChI=1S/C19H24O6S/c1-2-12-7-8-13(26-12)9-11-5-3-4-6-14(11)24-19-18(23)17(22)16(21)15(10-20)25-19/h3-8,15-23H,2,9-10H2,1H3/t15-,16-,17+,18-,19-/m1/s1. The molecule has 1 fully saturated rings. The second-order valence-corrected chi connectivity index (χ2v) is 7.57. The first-order valence-electron chi connectivity index (χ1n) is 8.66. The average molecular weight is 380 g/mol. The van der Waals surface area contributed by atoms with Crippen LogP contribution in [0.2, 0.25) is 0 Å². The van der Waals surface area contributed by atoms with Crippen molar-refractivity contribution >= 4 is 11.3 Å². The fourth-order valence-corrected chi connectivity index (χ4v) is 3.93. The molecule has 0 bridgehead atoms. The molecule has 1 saturated heterocycles. The number of rotatable bonds is 6. The lowest BCUT2D eigenvalue weighted by molar-refractivity contribution is -0.277. The summed E-state index contributed by atoms with van der Waals surface area (Å²) in [5, 5.41) is 39.2. The Kier molecular flexibility index (Phi) is 6.29. The van der Waals surface area contributed by atoms with Crippen molar-refractivity contribution in [1.82, 2.24) is 0 Å². The Morgan fingerprint density at radius 2 is 1.73 bits per heavy atom. The van der Waals surface area contributed by atoms with Gasteiger partial charge in [0, 0.05) is 16.2 Å². The number of aliphatic hydroxyl groups excluding tert-OH is 4. The van der Waals surface area contributed by atoms with E-state index in [9.17, 15) is 20.4 Å². The van der Waals surface area contributed by atoms with Crippen LogP contribution in [-0.4, -0.2) is 57.7 Å². The third kappa shape index (κ3) is 4.09. The van der Waals surface area contributed by atoms with E-state index in [0.29, 0.717) is 12.2 Å². The zero-order chi connectivity index (χ0) is 18.7. The summed E-state index contributed by atoms with van der Waals surface area (Å²) in [6.45, 7) is 1.63. The third-order valence-electron chi connectivity index (χ3n) is 4.49. The molecule has 0 saturated carbocycles. The third-order valence-corrected chi connectivity index (χ3v) is 5.72. The number of hydrogen-bond acceptors (Lipinski definition) is 7. The van der Waals surface area contributed by atoms with E-state index in [1.54, 1.807) is 17.4 Å². The van der Waals surface area contributed by atoms with Gasteiger partial charge in [0.2, 0.25) is 6.29 Å². The summed E-state index contributed by atoms with van der Waals surface area (Å²) in [5.74, 6) is 0.531. The van der Waals surface area contributed by atoms with E-state index in [-0.39, 0.29) is 0 Å². The van der Waals surface area contributed by atoms with Gasteiger partial charge in [-0.2, -0.15) is 0 Å². The van der Waals surface area contributed by atoms with Crippen molar-refractivity contribution in [3.05, 3.63) is 51.7 Å². The Hall–Kier alpha value is -1.48. The molecular formula is C19H24O6S. The van der Waals surface area contributed by atoms with Crippen LogP contribution in [0, 0.1) is 0 Å². The maximum Gasteiger partial charge on any atom is 0.229 e. The fourth-order valence-electron chi connectivity index (χ4n) is 2.95. The molecule has 1 aromatic carbocycles. The van der Waals surface area contributed by atoms with Crippen LogP contribution in [0.5, 0.6) is 5.75 Å². The molecule has 6 nitrogen and oxygen atoms in total. The summed E-state index contributed by atoms with van der Waals surface area (Å²) in [7, 11) is 0. The minimum Gasteiger partial charge on any atom is -0.462 e. The van der Waals surface area contributed by atoms with E-state index in [1.165, 1.54) is 9.75 Å². The molecule has 2 aromatic rings. The normalized spacial score (nSPS) is 28.9. The summed E-state index contributed by atoms with van der Waals surface area (Å²) >= 11 is 1.75. The van der Waals surface area contributed by atoms with Gasteiger partial charge in [0.15, 0.2) is 0 Å². The Labute approximate surface area is 156 Å². The Bertz CT molecular complexity index is 716. The SMILES string of the molecule is CCc1ccc(Cc2ccccc2O[C@@H]2O[C@H](CO)[C@@H](O)[C@H](O)[C@H]2O)s1. The first-order valence-corrected chi connectivity index (χ1v) is 9.47.